The minimum Gasteiger partial charge on any atom is -0.370 e. The number of carbonyl (C=O) groups excluding carboxylic acids is 1. The van der Waals surface area contributed by atoms with Crippen molar-refractivity contribution in [2.24, 2.45) is 5.92 Å². The molecule has 0 radical (unpaired) electrons. The van der Waals surface area contributed by atoms with Gasteiger partial charge >= 0.3 is 0 Å². The van der Waals surface area contributed by atoms with Crippen LogP contribution in [0.3, 0.4) is 0 Å². The molecule has 1 fully saturated rings. The molecule has 3 aromatic rings. The Morgan fingerprint density at radius 3 is 2.96 bits per heavy atom. The van der Waals surface area contributed by atoms with Gasteiger partial charge < -0.3 is 20.4 Å². The van der Waals surface area contributed by atoms with Crippen molar-refractivity contribution in [3.8, 4) is 11.3 Å². The fourth-order valence-corrected chi connectivity index (χ4v) is 3.15. The molecule has 4 heterocycles. The summed E-state index contributed by atoms with van der Waals surface area (Å²) in [5.41, 5.74) is 9.26. The maximum absolute atomic E-state index is 11.0. The monoisotopic (exact) mass is 308 g/mol. The molecule has 4 rings (SSSR count). The highest BCUT2D eigenvalue weighted by Gasteiger charge is 2.25. The average Bonchev–Trinajstić information content (AvgIpc) is 3.21. The third-order valence-electron chi connectivity index (χ3n) is 4.26. The van der Waals surface area contributed by atoms with E-state index >= 15 is 0 Å². The van der Waals surface area contributed by atoms with Crippen LogP contribution in [0.4, 0.5) is 11.6 Å². The van der Waals surface area contributed by atoms with Crippen molar-refractivity contribution in [2.75, 3.05) is 23.7 Å². The second-order valence-corrected chi connectivity index (χ2v) is 5.69. The molecule has 116 valence electrons. The van der Waals surface area contributed by atoms with Gasteiger partial charge in [-0.2, -0.15) is 0 Å². The Hall–Kier alpha value is -2.96. The largest absolute Gasteiger partial charge is 0.370 e. The first-order valence-corrected chi connectivity index (χ1v) is 7.51. The van der Waals surface area contributed by atoms with E-state index in [-0.39, 0.29) is 11.9 Å². The van der Waals surface area contributed by atoms with Crippen LogP contribution in [0.15, 0.2) is 30.7 Å². The predicted octanol–water partition coefficient (Wildman–Crippen LogP) is 1.63. The molecule has 0 aliphatic carbocycles. The van der Waals surface area contributed by atoms with Crippen molar-refractivity contribution >= 4 is 29.0 Å². The summed E-state index contributed by atoms with van der Waals surface area (Å²) in [6.45, 7) is 1.60. The van der Waals surface area contributed by atoms with E-state index in [4.69, 9.17) is 5.73 Å². The summed E-state index contributed by atoms with van der Waals surface area (Å²) in [4.78, 5) is 29.1. The van der Waals surface area contributed by atoms with Crippen LogP contribution in [-0.2, 0) is 4.79 Å². The molecule has 0 amide bonds. The van der Waals surface area contributed by atoms with Gasteiger partial charge in [-0.05, 0) is 18.6 Å². The zero-order valence-corrected chi connectivity index (χ0v) is 12.4. The number of nitrogens with zero attached hydrogens (tertiary/aromatic N) is 4. The van der Waals surface area contributed by atoms with Crippen molar-refractivity contribution in [1.29, 1.82) is 0 Å². The molecule has 1 aliphatic rings. The number of aromatic amines is 1. The standard InChI is InChI=1S/C16H16N6O/c17-16-19-4-1-12(21-16)11-7-20-15-14(11)13(2-5-18-15)22-6-3-10(8-22)9-23/h1-2,4-5,7,9-10H,3,6,8H2,(H,18,20)(H2,17,19,21). The van der Waals surface area contributed by atoms with Gasteiger partial charge in [0.2, 0.25) is 5.95 Å². The van der Waals surface area contributed by atoms with Gasteiger partial charge in [-0.1, -0.05) is 0 Å². The van der Waals surface area contributed by atoms with Crippen LogP contribution >= 0.6 is 0 Å². The minimum absolute atomic E-state index is 0.0929. The van der Waals surface area contributed by atoms with Gasteiger partial charge in [-0.3, -0.25) is 0 Å². The summed E-state index contributed by atoms with van der Waals surface area (Å²) < 4.78 is 0. The lowest BCUT2D eigenvalue weighted by atomic mass is 10.1. The first-order chi connectivity index (χ1) is 11.3. The Labute approximate surface area is 132 Å². The lowest BCUT2D eigenvalue weighted by Gasteiger charge is -2.19. The minimum atomic E-state index is 0.0929. The number of nitrogen functional groups attached to an aromatic ring is 1. The number of nitrogens with two attached hydrogens (primary N) is 1. The van der Waals surface area contributed by atoms with Crippen LogP contribution < -0.4 is 10.6 Å². The van der Waals surface area contributed by atoms with Crippen LogP contribution in [0, 0.1) is 5.92 Å². The molecule has 1 unspecified atom stereocenters. The van der Waals surface area contributed by atoms with Gasteiger partial charge in [-0.25, -0.2) is 15.0 Å². The Bertz CT molecular complexity index is 874. The average molecular weight is 308 g/mol. The third kappa shape index (κ3) is 2.30. The molecular weight excluding hydrogens is 292 g/mol. The predicted molar refractivity (Wildman–Crippen MR) is 87.9 cm³/mol. The molecule has 3 aromatic heterocycles. The van der Waals surface area contributed by atoms with E-state index in [0.717, 1.165) is 53.8 Å². The van der Waals surface area contributed by atoms with E-state index in [1.165, 1.54) is 0 Å². The first kappa shape index (κ1) is 13.7. The Balaban J connectivity index is 1.86. The topological polar surface area (TPSA) is 101 Å². The number of rotatable bonds is 3. The van der Waals surface area contributed by atoms with Gasteiger partial charge in [0.1, 0.15) is 11.9 Å². The van der Waals surface area contributed by atoms with E-state index in [1.807, 2.05) is 18.3 Å². The van der Waals surface area contributed by atoms with E-state index in [1.54, 1.807) is 12.4 Å². The second-order valence-electron chi connectivity index (χ2n) is 5.69. The smallest absolute Gasteiger partial charge is 0.220 e. The van der Waals surface area contributed by atoms with Crippen molar-refractivity contribution in [3.05, 3.63) is 30.7 Å². The van der Waals surface area contributed by atoms with Crippen LogP contribution in [0.2, 0.25) is 0 Å². The summed E-state index contributed by atoms with van der Waals surface area (Å²) in [7, 11) is 0. The molecule has 7 heteroatoms. The molecule has 0 aromatic carbocycles. The molecule has 0 saturated carbocycles. The SMILES string of the molecule is Nc1nccc(-c2c[nH]c3nccc(N4CCC(C=O)C4)c23)n1. The molecule has 23 heavy (non-hydrogen) atoms. The zero-order chi connectivity index (χ0) is 15.8. The van der Waals surface area contributed by atoms with E-state index < -0.39 is 0 Å². The highest BCUT2D eigenvalue weighted by molar-refractivity contribution is 6.02. The van der Waals surface area contributed by atoms with Gasteiger partial charge in [0.25, 0.3) is 0 Å². The van der Waals surface area contributed by atoms with Crippen molar-refractivity contribution < 1.29 is 4.79 Å². The van der Waals surface area contributed by atoms with Gasteiger partial charge in [0.05, 0.1) is 16.8 Å². The number of fused-ring (bicyclic) bond motifs is 1. The number of hydrogen-bond acceptors (Lipinski definition) is 6. The quantitative estimate of drug-likeness (QED) is 0.713. The van der Waals surface area contributed by atoms with Crippen LogP contribution in [0.25, 0.3) is 22.3 Å². The van der Waals surface area contributed by atoms with Crippen LogP contribution in [0.1, 0.15) is 6.42 Å². The van der Waals surface area contributed by atoms with E-state index in [0.29, 0.717) is 0 Å². The highest BCUT2D eigenvalue weighted by Crippen LogP contribution is 2.36. The normalized spacial score (nSPS) is 17.7. The first-order valence-electron chi connectivity index (χ1n) is 7.51. The fraction of sp³-hybridized carbons (Fsp3) is 0.250. The van der Waals surface area contributed by atoms with E-state index in [2.05, 4.69) is 24.8 Å². The van der Waals surface area contributed by atoms with E-state index in [9.17, 15) is 4.79 Å². The second kappa shape index (κ2) is 5.35. The molecule has 0 bridgehead atoms. The van der Waals surface area contributed by atoms with Crippen molar-refractivity contribution in [3.63, 3.8) is 0 Å². The number of H-pyrrole nitrogens is 1. The molecule has 1 atom stereocenters. The van der Waals surface area contributed by atoms with Gasteiger partial charge in [-0.15, -0.1) is 0 Å². The molecule has 3 N–H and O–H groups in total. The summed E-state index contributed by atoms with van der Waals surface area (Å²) in [6.07, 6.45) is 7.23. The number of nitrogens with one attached hydrogen (secondary N) is 1. The molecular formula is C16H16N6O. The van der Waals surface area contributed by atoms with Crippen molar-refractivity contribution in [1.82, 2.24) is 19.9 Å². The third-order valence-corrected chi connectivity index (χ3v) is 4.26. The number of hydrogen-bond donors (Lipinski definition) is 2. The summed E-state index contributed by atoms with van der Waals surface area (Å²) in [5.74, 6) is 0.333. The Morgan fingerprint density at radius 1 is 1.30 bits per heavy atom. The molecule has 1 aliphatic heterocycles. The zero-order valence-electron chi connectivity index (χ0n) is 12.4. The van der Waals surface area contributed by atoms with Crippen molar-refractivity contribution in [2.45, 2.75) is 6.42 Å². The maximum atomic E-state index is 11.0. The number of anilines is 2. The number of aldehydes is 1. The summed E-state index contributed by atoms with van der Waals surface area (Å²) in [6, 6.07) is 3.81. The van der Waals surface area contributed by atoms with Gasteiger partial charge in [0.15, 0.2) is 0 Å². The lowest BCUT2D eigenvalue weighted by molar-refractivity contribution is -0.110. The van der Waals surface area contributed by atoms with Gasteiger partial charge in [0, 0.05) is 43.2 Å². The number of aromatic nitrogens is 4. The number of pyridine rings is 1. The molecule has 7 nitrogen and oxygen atoms in total. The van der Waals surface area contributed by atoms with Crippen LogP contribution in [-0.4, -0.2) is 39.3 Å². The Morgan fingerprint density at radius 2 is 2.17 bits per heavy atom. The highest BCUT2D eigenvalue weighted by atomic mass is 16.1. The van der Waals surface area contributed by atoms with Crippen LogP contribution in [0.5, 0.6) is 0 Å². The lowest BCUT2D eigenvalue weighted by Crippen LogP contribution is -2.20. The number of carbonyl (C=O) groups is 1. The molecule has 1 saturated heterocycles. The maximum Gasteiger partial charge on any atom is 0.220 e. The fourth-order valence-electron chi connectivity index (χ4n) is 3.15. The summed E-state index contributed by atoms with van der Waals surface area (Å²) >= 11 is 0. The Kier molecular flexibility index (Phi) is 3.18. The summed E-state index contributed by atoms with van der Waals surface area (Å²) in [5, 5.41) is 0.997. The molecule has 0 spiro atoms.